The maximum Gasteiger partial charge on any atom is 0.313 e. The van der Waals surface area contributed by atoms with Crippen LogP contribution < -0.4 is 16.0 Å². The van der Waals surface area contributed by atoms with Crippen molar-refractivity contribution in [2.24, 2.45) is 0 Å². The van der Waals surface area contributed by atoms with Gasteiger partial charge in [-0.2, -0.15) is 0 Å². The minimum Gasteiger partial charge on any atom is -0.345 e. The van der Waals surface area contributed by atoms with Crippen LogP contribution in [-0.2, 0) is 22.7 Å². The Morgan fingerprint density at radius 3 is 2.38 bits per heavy atom. The number of aromatic nitrogens is 1. The van der Waals surface area contributed by atoms with Gasteiger partial charge < -0.3 is 16.0 Å². The SMILES string of the molecule is CN1Cc2nc(C(=O)N[C@@H]3CCCCC[C@H]3NC(=O)C(=O)Nc3ccc(Cl)cc3)sc2C1. The number of carbonyl (C=O) groups is 3. The van der Waals surface area contributed by atoms with Crippen LogP contribution in [0, 0.1) is 0 Å². The van der Waals surface area contributed by atoms with Crippen LogP contribution in [0.2, 0.25) is 5.02 Å². The number of benzene rings is 1. The summed E-state index contributed by atoms with van der Waals surface area (Å²) in [5, 5.41) is 9.46. The number of carbonyl (C=O) groups excluding carboxylic acids is 3. The van der Waals surface area contributed by atoms with Crippen molar-refractivity contribution < 1.29 is 14.4 Å². The normalized spacial score (nSPS) is 20.8. The summed E-state index contributed by atoms with van der Waals surface area (Å²) in [5.74, 6) is -1.69. The van der Waals surface area contributed by atoms with Gasteiger partial charge in [-0.3, -0.25) is 19.3 Å². The first-order valence-electron chi connectivity index (χ1n) is 10.7. The number of amides is 3. The number of nitrogens with zero attached hydrogens (tertiary/aromatic N) is 2. The fourth-order valence-corrected chi connectivity index (χ4v) is 5.30. The third kappa shape index (κ3) is 5.46. The van der Waals surface area contributed by atoms with Gasteiger partial charge in [0.2, 0.25) is 0 Å². The molecule has 0 spiro atoms. The van der Waals surface area contributed by atoms with Gasteiger partial charge in [0.25, 0.3) is 5.91 Å². The quantitative estimate of drug-likeness (QED) is 0.466. The van der Waals surface area contributed by atoms with E-state index in [1.54, 1.807) is 24.3 Å². The first-order chi connectivity index (χ1) is 15.4. The summed E-state index contributed by atoms with van der Waals surface area (Å²) >= 11 is 7.28. The second-order valence-corrected chi connectivity index (χ2v) is 9.84. The molecule has 170 valence electrons. The van der Waals surface area contributed by atoms with E-state index in [4.69, 9.17) is 11.6 Å². The highest BCUT2D eigenvalue weighted by Gasteiger charge is 2.30. The van der Waals surface area contributed by atoms with E-state index < -0.39 is 11.8 Å². The van der Waals surface area contributed by atoms with Crippen LogP contribution in [0.1, 0.15) is 52.5 Å². The molecule has 1 aliphatic carbocycles. The Hall–Kier alpha value is -2.49. The van der Waals surface area contributed by atoms with E-state index in [1.807, 2.05) is 7.05 Å². The summed E-state index contributed by atoms with van der Waals surface area (Å²) in [6, 6.07) is 5.97. The zero-order chi connectivity index (χ0) is 22.7. The van der Waals surface area contributed by atoms with E-state index in [-0.39, 0.29) is 18.0 Å². The topological polar surface area (TPSA) is 103 Å². The van der Waals surface area contributed by atoms with Crippen LogP contribution in [0.15, 0.2) is 24.3 Å². The Labute approximate surface area is 195 Å². The van der Waals surface area contributed by atoms with E-state index >= 15 is 0 Å². The van der Waals surface area contributed by atoms with Crippen molar-refractivity contribution in [3.05, 3.63) is 44.9 Å². The van der Waals surface area contributed by atoms with Gasteiger partial charge in [0.15, 0.2) is 5.01 Å². The molecular weight excluding hydrogens is 450 g/mol. The van der Waals surface area contributed by atoms with E-state index in [2.05, 4.69) is 25.8 Å². The highest BCUT2D eigenvalue weighted by atomic mass is 35.5. The highest BCUT2D eigenvalue weighted by molar-refractivity contribution is 7.13. The number of fused-ring (bicyclic) bond motifs is 1. The molecule has 1 aliphatic heterocycles. The largest absolute Gasteiger partial charge is 0.345 e. The van der Waals surface area contributed by atoms with Gasteiger partial charge in [-0.15, -0.1) is 11.3 Å². The number of rotatable bonds is 4. The summed E-state index contributed by atoms with van der Waals surface area (Å²) in [6.45, 7) is 1.56. The molecule has 2 heterocycles. The molecule has 1 saturated carbocycles. The lowest BCUT2D eigenvalue weighted by molar-refractivity contribution is -0.136. The maximum absolute atomic E-state index is 12.9. The molecule has 0 bridgehead atoms. The molecule has 0 unspecified atom stereocenters. The summed E-state index contributed by atoms with van der Waals surface area (Å²) in [5.41, 5.74) is 1.45. The Morgan fingerprint density at radius 1 is 1.00 bits per heavy atom. The van der Waals surface area contributed by atoms with Gasteiger partial charge in [0.05, 0.1) is 5.69 Å². The van der Waals surface area contributed by atoms with Crippen LogP contribution in [0.25, 0.3) is 0 Å². The minimum atomic E-state index is -0.748. The van der Waals surface area contributed by atoms with E-state index in [0.29, 0.717) is 22.1 Å². The van der Waals surface area contributed by atoms with Crippen LogP contribution in [0.5, 0.6) is 0 Å². The van der Waals surface area contributed by atoms with Crippen LogP contribution in [0.3, 0.4) is 0 Å². The standard InChI is InChI=1S/C22H26ClN5O3S/c1-28-11-17-18(12-28)32-22(27-17)21(31)26-16-6-4-2-3-5-15(16)25-20(30)19(29)24-14-9-7-13(23)8-10-14/h7-10,15-16H,2-6,11-12H2,1H3,(H,24,29)(H,25,30)(H,26,31)/t15-,16-/m1/s1. The Bertz CT molecular complexity index is 986. The minimum absolute atomic E-state index is 0.219. The van der Waals surface area contributed by atoms with E-state index in [9.17, 15) is 14.4 Å². The molecule has 1 fully saturated rings. The zero-order valence-corrected chi connectivity index (χ0v) is 19.4. The lowest BCUT2D eigenvalue weighted by Gasteiger charge is -2.26. The predicted molar refractivity (Wildman–Crippen MR) is 124 cm³/mol. The number of hydrogen-bond donors (Lipinski definition) is 3. The van der Waals surface area contributed by atoms with Gasteiger partial charge in [0, 0.05) is 40.8 Å². The number of hydrogen-bond acceptors (Lipinski definition) is 6. The molecule has 0 radical (unpaired) electrons. The van der Waals surface area contributed by atoms with Crippen LogP contribution >= 0.6 is 22.9 Å². The molecular formula is C22H26ClN5O3S. The van der Waals surface area contributed by atoms with Gasteiger partial charge in [0.1, 0.15) is 0 Å². The van der Waals surface area contributed by atoms with Gasteiger partial charge in [-0.25, -0.2) is 4.98 Å². The molecule has 0 saturated heterocycles. The van der Waals surface area contributed by atoms with Gasteiger partial charge in [-0.05, 0) is 44.2 Å². The highest BCUT2D eigenvalue weighted by Crippen LogP contribution is 2.27. The van der Waals surface area contributed by atoms with Crippen molar-refractivity contribution >= 4 is 46.3 Å². The Morgan fingerprint density at radius 2 is 1.69 bits per heavy atom. The van der Waals surface area contributed by atoms with Crippen molar-refractivity contribution in [2.45, 2.75) is 57.3 Å². The summed E-state index contributed by atoms with van der Waals surface area (Å²) in [4.78, 5) is 45.6. The monoisotopic (exact) mass is 475 g/mol. The molecule has 32 heavy (non-hydrogen) atoms. The lowest BCUT2D eigenvalue weighted by atomic mass is 10.0. The van der Waals surface area contributed by atoms with Crippen LogP contribution in [-0.4, -0.2) is 46.7 Å². The van der Waals surface area contributed by atoms with E-state index in [1.165, 1.54) is 11.3 Å². The fourth-order valence-electron chi connectivity index (χ4n) is 4.12. The van der Waals surface area contributed by atoms with Gasteiger partial charge in [-0.1, -0.05) is 30.9 Å². The molecule has 3 N–H and O–H groups in total. The second-order valence-electron chi connectivity index (χ2n) is 8.32. The molecule has 1 aromatic carbocycles. The number of anilines is 1. The van der Waals surface area contributed by atoms with Crippen molar-refractivity contribution in [2.75, 3.05) is 12.4 Å². The van der Waals surface area contributed by atoms with Crippen molar-refractivity contribution in [1.29, 1.82) is 0 Å². The van der Waals surface area contributed by atoms with Crippen molar-refractivity contribution in [3.63, 3.8) is 0 Å². The number of nitrogens with one attached hydrogen (secondary N) is 3. The Balaban J connectivity index is 1.38. The average molecular weight is 476 g/mol. The molecule has 1 aromatic heterocycles. The number of halogens is 1. The van der Waals surface area contributed by atoms with Crippen molar-refractivity contribution in [1.82, 2.24) is 20.5 Å². The van der Waals surface area contributed by atoms with Crippen LogP contribution in [0.4, 0.5) is 5.69 Å². The third-order valence-corrected chi connectivity index (χ3v) is 7.10. The molecule has 10 heteroatoms. The molecule has 4 rings (SSSR count). The number of thiazole rings is 1. The second kappa shape index (κ2) is 9.97. The lowest BCUT2D eigenvalue weighted by Crippen LogP contribution is -2.53. The zero-order valence-electron chi connectivity index (χ0n) is 17.8. The molecule has 3 amide bonds. The fraction of sp³-hybridized carbons (Fsp3) is 0.455. The third-order valence-electron chi connectivity index (χ3n) is 5.76. The first kappa shape index (κ1) is 22.7. The molecule has 8 nitrogen and oxygen atoms in total. The predicted octanol–water partition coefficient (Wildman–Crippen LogP) is 2.93. The van der Waals surface area contributed by atoms with Gasteiger partial charge >= 0.3 is 11.8 Å². The first-order valence-corrected chi connectivity index (χ1v) is 11.9. The summed E-state index contributed by atoms with van der Waals surface area (Å²) < 4.78 is 0. The average Bonchev–Trinajstić information content (AvgIpc) is 3.22. The molecule has 2 aromatic rings. The van der Waals surface area contributed by atoms with Crippen molar-refractivity contribution in [3.8, 4) is 0 Å². The summed E-state index contributed by atoms with van der Waals surface area (Å²) in [6.07, 6.45) is 4.34. The van der Waals surface area contributed by atoms with E-state index in [0.717, 1.165) is 49.3 Å². The maximum atomic E-state index is 12.9. The Kier molecular flexibility index (Phi) is 7.07. The molecule has 2 atom stereocenters. The summed E-state index contributed by atoms with van der Waals surface area (Å²) in [7, 11) is 2.02. The molecule has 2 aliphatic rings. The smallest absolute Gasteiger partial charge is 0.313 e.